The third-order valence-corrected chi connectivity index (χ3v) is 4.24. The maximum absolute atomic E-state index is 13.9. The fourth-order valence-electron chi connectivity index (χ4n) is 2.52. The van der Waals surface area contributed by atoms with E-state index in [4.69, 9.17) is 5.73 Å². The summed E-state index contributed by atoms with van der Waals surface area (Å²) in [6, 6.07) is 3.01. The Morgan fingerprint density at radius 3 is 2.67 bits per heavy atom. The molecule has 1 unspecified atom stereocenters. The first-order valence-electron chi connectivity index (χ1n) is 7.41. The van der Waals surface area contributed by atoms with Gasteiger partial charge in [0.1, 0.15) is 11.5 Å². The van der Waals surface area contributed by atoms with Crippen molar-refractivity contribution in [3.8, 4) is 5.69 Å². The number of halogens is 3. The molecule has 0 bridgehead atoms. The van der Waals surface area contributed by atoms with Crippen LogP contribution in [-0.2, 0) is 4.79 Å². The summed E-state index contributed by atoms with van der Waals surface area (Å²) in [5.74, 6) is -1.53. The Morgan fingerprint density at radius 1 is 1.42 bits per heavy atom. The van der Waals surface area contributed by atoms with Gasteiger partial charge in [-0.25, -0.2) is 13.5 Å². The van der Waals surface area contributed by atoms with Crippen LogP contribution in [0.5, 0.6) is 0 Å². The summed E-state index contributed by atoms with van der Waals surface area (Å²) >= 11 is 0. The van der Waals surface area contributed by atoms with Gasteiger partial charge in [0.15, 0.2) is 5.82 Å². The van der Waals surface area contributed by atoms with E-state index in [9.17, 15) is 13.6 Å². The van der Waals surface area contributed by atoms with Crippen LogP contribution in [0.2, 0.25) is 0 Å². The Bertz CT molecular complexity index is 773. The zero-order chi connectivity index (χ0) is 16.8. The molecule has 1 aromatic carbocycles. The quantitative estimate of drug-likeness (QED) is 0.884. The van der Waals surface area contributed by atoms with E-state index in [0.717, 1.165) is 11.6 Å². The number of hydrogen-bond acceptors (Lipinski definition) is 3. The summed E-state index contributed by atoms with van der Waals surface area (Å²) in [7, 11) is 0. The van der Waals surface area contributed by atoms with Crippen LogP contribution >= 0.6 is 12.4 Å². The number of carbonyl (C=O) groups is 1. The predicted octanol–water partition coefficient (Wildman–Crippen LogP) is 2.55. The van der Waals surface area contributed by atoms with E-state index in [0.29, 0.717) is 18.5 Å². The highest BCUT2D eigenvalue weighted by Crippen LogP contribution is 2.33. The van der Waals surface area contributed by atoms with Crippen LogP contribution < -0.4 is 11.1 Å². The number of carbonyl (C=O) groups excluding carboxylic acids is 1. The first-order valence-corrected chi connectivity index (χ1v) is 7.41. The molecule has 1 aliphatic rings. The van der Waals surface area contributed by atoms with Crippen LogP contribution in [0.1, 0.15) is 37.1 Å². The van der Waals surface area contributed by atoms with Crippen molar-refractivity contribution in [2.75, 3.05) is 0 Å². The summed E-state index contributed by atoms with van der Waals surface area (Å²) in [4.78, 5) is 12.0. The van der Waals surface area contributed by atoms with Crippen molar-refractivity contribution < 1.29 is 13.6 Å². The molecule has 130 valence electrons. The van der Waals surface area contributed by atoms with E-state index in [1.165, 1.54) is 16.8 Å². The molecule has 1 fully saturated rings. The van der Waals surface area contributed by atoms with Crippen LogP contribution in [-0.4, -0.2) is 21.2 Å². The molecule has 5 nitrogen and oxygen atoms in total. The van der Waals surface area contributed by atoms with Gasteiger partial charge in [0.2, 0.25) is 5.91 Å². The predicted molar refractivity (Wildman–Crippen MR) is 88.2 cm³/mol. The highest BCUT2D eigenvalue weighted by atomic mass is 35.5. The molecule has 24 heavy (non-hydrogen) atoms. The van der Waals surface area contributed by atoms with Crippen molar-refractivity contribution in [1.82, 2.24) is 15.1 Å². The highest BCUT2D eigenvalue weighted by molar-refractivity contribution is 5.89. The van der Waals surface area contributed by atoms with Gasteiger partial charge >= 0.3 is 0 Å². The molecule has 0 spiro atoms. The zero-order valence-corrected chi connectivity index (χ0v) is 14.2. The van der Waals surface area contributed by atoms with Gasteiger partial charge in [-0.15, -0.1) is 12.4 Å². The number of nitrogens with zero attached hydrogens (tertiary/aromatic N) is 2. The van der Waals surface area contributed by atoms with Crippen LogP contribution in [0.4, 0.5) is 8.78 Å². The zero-order valence-electron chi connectivity index (χ0n) is 13.3. The van der Waals surface area contributed by atoms with Gasteiger partial charge in [-0.2, -0.15) is 5.10 Å². The molecule has 0 radical (unpaired) electrons. The summed E-state index contributed by atoms with van der Waals surface area (Å²) < 4.78 is 28.3. The van der Waals surface area contributed by atoms with Gasteiger partial charge in [0.25, 0.3) is 0 Å². The first kappa shape index (κ1) is 18.4. The number of aromatic nitrogens is 2. The topological polar surface area (TPSA) is 72.9 Å². The number of hydrogen-bond donors (Lipinski definition) is 2. The lowest BCUT2D eigenvalue weighted by atomic mass is 10.1. The molecule has 3 rings (SSSR count). The molecule has 8 heteroatoms. The van der Waals surface area contributed by atoms with Gasteiger partial charge in [0, 0.05) is 17.3 Å². The Balaban J connectivity index is 0.00000208. The lowest BCUT2D eigenvalue weighted by molar-refractivity contribution is -0.123. The standard InChI is InChI=1S/C16H18F2N4O.ClH/c1-9(21-15(23)16(19)5-6-16)12-8-20-22(10(12)2)14-4-3-11(17)7-13(14)18;/h3-4,7-9H,5-6,19H2,1-2H3,(H,21,23);1H. The van der Waals surface area contributed by atoms with E-state index in [1.54, 1.807) is 13.1 Å². The molecule has 1 aromatic heterocycles. The molecule has 0 aliphatic heterocycles. The van der Waals surface area contributed by atoms with Crippen molar-refractivity contribution >= 4 is 18.3 Å². The molecule has 1 aliphatic carbocycles. The minimum absolute atomic E-state index is 0. The van der Waals surface area contributed by atoms with E-state index < -0.39 is 17.2 Å². The molecular weight excluding hydrogens is 338 g/mol. The Kier molecular flexibility index (Phi) is 4.96. The molecule has 1 atom stereocenters. The van der Waals surface area contributed by atoms with Gasteiger partial charge in [0.05, 0.1) is 17.8 Å². The molecular formula is C16H19ClF2N4O. The van der Waals surface area contributed by atoms with Gasteiger partial charge in [-0.3, -0.25) is 4.79 Å². The number of nitrogens with one attached hydrogen (secondary N) is 1. The van der Waals surface area contributed by atoms with Crippen molar-refractivity contribution in [1.29, 1.82) is 0 Å². The van der Waals surface area contributed by atoms with Crippen molar-refractivity contribution in [3.05, 3.63) is 47.3 Å². The smallest absolute Gasteiger partial charge is 0.240 e. The van der Waals surface area contributed by atoms with Gasteiger partial charge in [-0.05, 0) is 38.8 Å². The number of benzene rings is 1. The minimum Gasteiger partial charge on any atom is -0.348 e. The average Bonchev–Trinajstić information content (AvgIpc) is 3.12. The Labute approximate surface area is 144 Å². The second-order valence-electron chi connectivity index (χ2n) is 6.04. The van der Waals surface area contributed by atoms with Crippen LogP contribution in [0.3, 0.4) is 0 Å². The van der Waals surface area contributed by atoms with Crippen LogP contribution in [0.25, 0.3) is 5.69 Å². The second kappa shape index (κ2) is 6.49. The Hall–Kier alpha value is -1.99. The SMILES string of the molecule is Cc1c(C(C)NC(=O)C2(N)CC2)cnn1-c1ccc(F)cc1F.Cl. The summed E-state index contributed by atoms with van der Waals surface area (Å²) in [6.07, 6.45) is 2.94. The third-order valence-electron chi connectivity index (χ3n) is 4.24. The van der Waals surface area contributed by atoms with Crippen LogP contribution in [0.15, 0.2) is 24.4 Å². The maximum Gasteiger partial charge on any atom is 0.240 e. The molecule has 1 saturated carbocycles. The lowest BCUT2D eigenvalue weighted by Crippen LogP contribution is -2.43. The minimum atomic E-state index is -0.749. The first-order chi connectivity index (χ1) is 10.8. The van der Waals surface area contributed by atoms with Crippen molar-refractivity contribution in [2.24, 2.45) is 5.73 Å². The van der Waals surface area contributed by atoms with Crippen LogP contribution in [0, 0.1) is 18.6 Å². The molecule has 1 amide bonds. The molecule has 0 saturated heterocycles. The molecule has 3 N–H and O–H groups in total. The number of amides is 1. The molecule has 1 heterocycles. The lowest BCUT2D eigenvalue weighted by Gasteiger charge is -2.17. The van der Waals surface area contributed by atoms with Crippen molar-refractivity contribution in [3.63, 3.8) is 0 Å². The second-order valence-corrected chi connectivity index (χ2v) is 6.04. The summed E-state index contributed by atoms with van der Waals surface area (Å²) in [6.45, 7) is 3.59. The van der Waals surface area contributed by atoms with Crippen molar-refractivity contribution in [2.45, 2.75) is 38.3 Å². The van der Waals surface area contributed by atoms with Gasteiger partial charge < -0.3 is 11.1 Å². The Morgan fingerprint density at radius 2 is 2.08 bits per heavy atom. The normalized spacial score (nSPS) is 16.2. The fraction of sp³-hybridized carbons (Fsp3) is 0.375. The van der Waals surface area contributed by atoms with E-state index in [-0.39, 0.29) is 30.0 Å². The fourth-order valence-corrected chi connectivity index (χ4v) is 2.52. The molecule has 2 aromatic rings. The largest absolute Gasteiger partial charge is 0.348 e. The van der Waals surface area contributed by atoms with E-state index in [2.05, 4.69) is 10.4 Å². The summed E-state index contributed by atoms with van der Waals surface area (Å²) in [5.41, 5.74) is 6.70. The summed E-state index contributed by atoms with van der Waals surface area (Å²) in [5, 5.41) is 7.01. The highest BCUT2D eigenvalue weighted by Gasteiger charge is 2.46. The monoisotopic (exact) mass is 356 g/mol. The average molecular weight is 357 g/mol. The van der Waals surface area contributed by atoms with Gasteiger partial charge in [-0.1, -0.05) is 0 Å². The van der Waals surface area contributed by atoms with E-state index in [1.807, 2.05) is 6.92 Å². The van der Waals surface area contributed by atoms with E-state index >= 15 is 0 Å². The maximum atomic E-state index is 13.9. The number of nitrogens with two attached hydrogens (primary N) is 1. The number of rotatable bonds is 4. The third kappa shape index (κ3) is 3.27.